The summed E-state index contributed by atoms with van der Waals surface area (Å²) >= 11 is 3.27. The van der Waals surface area contributed by atoms with Crippen LogP contribution in [0.2, 0.25) is 0 Å². The molecule has 0 saturated heterocycles. The van der Waals surface area contributed by atoms with Crippen molar-refractivity contribution in [3.63, 3.8) is 0 Å². The van der Waals surface area contributed by atoms with E-state index in [4.69, 9.17) is 0 Å². The van der Waals surface area contributed by atoms with Crippen molar-refractivity contribution in [2.24, 2.45) is 0 Å². The summed E-state index contributed by atoms with van der Waals surface area (Å²) in [5.74, 6) is -0.781. The Morgan fingerprint density at radius 2 is 1.94 bits per heavy atom. The van der Waals surface area contributed by atoms with Crippen LogP contribution in [-0.4, -0.2) is 10.9 Å². The smallest absolute Gasteiger partial charge is 0.257 e. The molecule has 0 spiro atoms. The van der Waals surface area contributed by atoms with E-state index in [-0.39, 0.29) is 11.7 Å². The first-order valence-electron chi connectivity index (χ1n) is 4.85. The Morgan fingerprint density at radius 3 is 2.65 bits per heavy atom. The number of nitrogens with zero attached hydrogens (tertiary/aromatic N) is 1. The third-order valence-electron chi connectivity index (χ3n) is 2.08. The summed E-state index contributed by atoms with van der Waals surface area (Å²) in [4.78, 5) is 15.4. The molecule has 0 aliphatic rings. The molecule has 5 heteroatoms. The van der Waals surface area contributed by atoms with Gasteiger partial charge in [-0.25, -0.2) is 4.98 Å². The predicted octanol–water partition coefficient (Wildman–Crippen LogP) is 3.24. The third kappa shape index (κ3) is 2.88. The summed E-state index contributed by atoms with van der Waals surface area (Å²) in [7, 11) is 0. The molecule has 86 valence electrons. The van der Waals surface area contributed by atoms with E-state index in [0.717, 1.165) is 0 Å². The van der Waals surface area contributed by atoms with Gasteiger partial charge in [-0.15, -0.1) is 0 Å². The molecule has 1 heterocycles. The molecular formula is C12H8BrFN2O. The minimum absolute atomic E-state index is 0.186. The van der Waals surface area contributed by atoms with Gasteiger partial charge in [0.1, 0.15) is 5.82 Å². The van der Waals surface area contributed by atoms with Crippen molar-refractivity contribution in [2.75, 3.05) is 5.32 Å². The molecule has 2 aromatic rings. The van der Waals surface area contributed by atoms with Gasteiger partial charge in [-0.3, -0.25) is 4.79 Å². The van der Waals surface area contributed by atoms with Crippen LogP contribution in [-0.2, 0) is 0 Å². The Labute approximate surface area is 106 Å². The second-order valence-electron chi connectivity index (χ2n) is 3.28. The highest BCUT2D eigenvalue weighted by molar-refractivity contribution is 9.10. The topological polar surface area (TPSA) is 42.0 Å². The van der Waals surface area contributed by atoms with Crippen molar-refractivity contribution >= 4 is 27.7 Å². The van der Waals surface area contributed by atoms with E-state index >= 15 is 0 Å². The highest BCUT2D eigenvalue weighted by Crippen LogP contribution is 2.17. The number of halogens is 2. The normalized spacial score (nSPS) is 10.0. The van der Waals surface area contributed by atoms with E-state index in [1.807, 2.05) is 0 Å². The Morgan fingerprint density at radius 1 is 1.18 bits per heavy atom. The van der Waals surface area contributed by atoms with Gasteiger partial charge in [-0.05, 0) is 40.2 Å². The van der Waals surface area contributed by atoms with E-state index in [1.165, 1.54) is 18.2 Å². The summed E-state index contributed by atoms with van der Waals surface area (Å²) in [5.41, 5.74) is 0.471. The molecule has 0 bridgehead atoms. The number of hydrogen-bond acceptors (Lipinski definition) is 2. The lowest BCUT2D eigenvalue weighted by Crippen LogP contribution is -2.13. The molecule has 0 atom stereocenters. The summed E-state index contributed by atoms with van der Waals surface area (Å²) in [6.07, 6.45) is 0. The number of amides is 1. The maximum Gasteiger partial charge on any atom is 0.257 e. The zero-order valence-electron chi connectivity index (χ0n) is 8.65. The number of benzene rings is 1. The number of rotatable bonds is 2. The molecule has 1 amide bonds. The molecule has 0 fully saturated rings. The van der Waals surface area contributed by atoms with Gasteiger partial charge in [-0.1, -0.05) is 18.2 Å². The molecule has 1 aromatic carbocycles. The van der Waals surface area contributed by atoms with Gasteiger partial charge in [0.05, 0.1) is 5.56 Å². The fourth-order valence-electron chi connectivity index (χ4n) is 1.31. The average molecular weight is 295 g/mol. The SMILES string of the molecule is O=C(Nc1cccc(F)n1)c1ccccc1Br. The van der Waals surface area contributed by atoms with Gasteiger partial charge < -0.3 is 5.32 Å². The Hall–Kier alpha value is -1.75. The second-order valence-corrected chi connectivity index (χ2v) is 4.13. The summed E-state index contributed by atoms with van der Waals surface area (Å²) < 4.78 is 13.5. The number of aromatic nitrogens is 1. The molecular weight excluding hydrogens is 287 g/mol. The summed E-state index contributed by atoms with van der Waals surface area (Å²) in [6.45, 7) is 0. The van der Waals surface area contributed by atoms with Crippen molar-refractivity contribution in [3.05, 3.63) is 58.4 Å². The molecule has 1 aromatic heterocycles. The van der Waals surface area contributed by atoms with Crippen molar-refractivity contribution in [1.82, 2.24) is 4.98 Å². The molecule has 0 aliphatic carbocycles. The maximum atomic E-state index is 12.8. The predicted molar refractivity (Wildman–Crippen MR) is 66.3 cm³/mol. The molecule has 0 radical (unpaired) electrons. The van der Waals surface area contributed by atoms with Crippen molar-refractivity contribution in [2.45, 2.75) is 0 Å². The number of pyridine rings is 1. The van der Waals surface area contributed by atoms with Crippen molar-refractivity contribution in [1.29, 1.82) is 0 Å². The van der Waals surface area contributed by atoms with Crippen LogP contribution in [0.1, 0.15) is 10.4 Å². The monoisotopic (exact) mass is 294 g/mol. The standard InChI is InChI=1S/C12H8BrFN2O/c13-9-5-2-1-4-8(9)12(17)16-11-7-3-6-10(14)15-11/h1-7H,(H,15,16,17). The van der Waals surface area contributed by atoms with Gasteiger partial charge >= 0.3 is 0 Å². The number of carbonyl (C=O) groups is 1. The van der Waals surface area contributed by atoms with Crippen LogP contribution in [0.4, 0.5) is 10.2 Å². The first-order chi connectivity index (χ1) is 8.16. The lowest BCUT2D eigenvalue weighted by molar-refractivity contribution is 0.102. The summed E-state index contributed by atoms with van der Waals surface area (Å²) in [5, 5.41) is 2.52. The third-order valence-corrected chi connectivity index (χ3v) is 2.77. The Bertz CT molecular complexity index is 560. The zero-order valence-corrected chi connectivity index (χ0v) is 10.2. The fraction of sp³-hybridized carbons (Fsp3) is 0. The zero-order chi connectivity index (χ0) is 12.3. The average Bonchev–Trinajstić information content (AvgIpc) is 2.29. The largest absolute Gasteiger partial charge is 0.306 e. The lowest BCUT2D eigenvalue weighted by atomic mass is 10.2. The van der Waals surface area contributed by atoms with Gasteiger partial charge in [0.2, 0.25) is 5.95 Å². The Balaban J connectivity index is 2.20. The molecule has 0 saturated carbocycles. The van der Waals surface area contributed by atoms with Gasteiger partial charge in [0.15, 0.2) is 0 Å². The van der Waals surface area contributed by atoms with Crippen LogP contribution in [0.3, 0.4) is 0 Å². The van der Waals surface area contributed by atoms with Crippen LogP contribution < -0.4 is 5.32 Å². The minimum atomic E-state index is -0.630. The first-order valence-corrected chi connectivity index (χ1v) is 5.64. The highest BCUT2D eigenvalue weighted by Gasteiger charge is 2.09. The van der Waals surface area contributed by atoms with Gasteiger partial charge in [-0.2, -0.15) is 4.39 Å². The first kappa shape index (κ1) is 11.7. The fourth-order valence-corrected chi connectivity index (χ4v) is 1.77. The lowest BCUT2D eigenvalue weighted by Gasteiger charge is -2.05. The van der Waals surface area contributed by atoms with Crippen molar-refractivity contribution in [3.8, 4) is 0 Å². The van der Waals surface area contributed by atoms with E-state index in [1.54, 1.807) is 24.3 Å². The molecule has 2 rings (SSSR count). The van der Waals surface area contributed by atoms with Gasteiger partial charge in [0.25, 0.3) is 5.91 Å². The number of anilines is 1. The molecule has 17 heavy (non-hydrogen) atoms. The van der Waals surface area contributed by atoms with Crippen LogP contribution >= 0.6 is 15.9 Å². The van der Waals surface area contributed by atoms with E-state index in [0.29, 0.717) is 10.0 Å². The van der Waals surface area contributed by atoms with Crippen LogP contribution in [0.15, 0.2) is 46.9 Å². The molecule has 0 unspecified atom stereocenters. The van der Waals surface area contributed by atoms with E-state index in [9.17, 15) is 9.18 Å². The number of nitrogens with one attached hydrogen (secondary N) is 1. The number of hydrogen-bond donors (Lipinski definition) is 1. The Kier molecular flexibility index (Phi) is 3.49. The van der Waals surface area contributed by atoms with E-state index < -0.39 is 5.95 Å². The van der Waals surface area contributed by atoms with Crippen molar-refractivity contribution < 1.29 is 9.18 Å². The van der Waals surface area contributed by atoms with Crippen LogP contribution in [0.25, 0.3) is 0 Å². The summed E-state index contributed by atoms with van der Waals surface area (Å²) in [6, 6.07) is 11.2. The van der Waals surface area contributed by atoms with Gasteiger partial charge in [0, 0.05) is 4.47 Å². The van der Waals surface area contributed by atoms with E-state index in [2.05, 4.69) is 26.2 Å². The molecule has 3 nitrogen and oxygen atoms in total. The minimum Gasteiger partial charge on any atom is -0.306 e. The molecule has 1 N–H and O–H groups in total. The quantitative estimate of drug-likeness (QED) is 0.864. The number of carbonyl (C=O) groups excluding carboxylic acids is 1. The second kappa shape index (κ2) is 5.05. The molecule has 0 aliphatic heterocycles. The van der Waals surface area contributed by atoms with Crippen LogP contribution in [0, 0.1) is 5.95 Å². The highest BCUT2D eigenvalue weighted by atomic mass is 79.9. The maximum absolute atomic E-state index is 12.8. The van der Waals surface area contributed by atoms with Crippen LogP contribution in [0.5, 0.6) is 0 Å².